The van der Waals surface area contributed by atoms with Gasteiger partial charge < -0.3 is 10.2 Å². The predicted molar refractivity (Wildman–Crippen MR) is 102 cm³/mol. The number of benzene rings is 1. The van der Waals surface area contributed by atoms with Crippen molar-refractivity contribution >= 4 is 47.1 Å². The Kier molecular flexibility index (Phi) is 6.84. The molecule has 1 aromatic heterocycles. The summed E-state index contributed by atoms with van der Waals surface area (Å²) in [6.45, 7) is 2.20. The van der Waals surface area contributed by atoms with Crippen LogP contribution in [0.4, 0.5) is 11.5 Å². The molecule has 0 amide bonds. The maximum absolute atomic E-state index is 10.9. The van der Waals surface area contributed by atoms with E-state index in [0.717, 1.165) is 25.1 Å². The minimum Gasteiger partial charge on any atom is -0.355 e. The summed E-state index contributed by atoms with van der Waals surface area (Å²) in [4.78, 5) is 16.8. The molecule has 1 aliphatic rings. The lowest BCUT2D eigenvalue weighted by Gasteiger charge is -2.18. The van der Waals surface area contributed by atoms with Gasteiger partial charge in [-0.05, 0) is 24.1 Å². The third-order valence-corrected chi connectivity index (χ3v) is 4.64. The zero-order valence-corrected chi connectivity index (χ0v) is 15.5. The van der Waals surface area contributed by atoms with Crippen molar-refractivity contribution in [2.24, 2.45) is 0 Å². The molecule has 9 heteroatoms. The van der Waals surface area contributed by atoms with Gasteiger partial charge in [0, 0.05) is 48.0 Å². The van der Waals surface area contributed by atoms with Crippen molar-refractivity contribution in [3.63, 3.8) is 0 Å². The highest BCUT2D eigenvalue weighted by Gasteiger charge is 2.24. The third-order valence-electron chi connectivity index (χ3n) is 4.05. The maximum atomic E-state index is 10.9. The Morgan fingerprint density at radius 2 is 2.12 bits per heavy atom. The van der Waals surface area contributed by atoms with E-state index < -0.39 is 4.92 Å². The number of nitro groups is 1. The molecule has 134 valence electrons. The van der Waals surface area contributed by atoms with E-state index in [1.165, 1.54) is 18.3 Å². The van der Waals surface area contributed by atoms with Crippen LogP contribution in [0.25, 0.3) is 0 Å². The van der Waals surface area contributed by atoms with Crippen molar-refractivity contribution in [1.29, 1.82) is 0 Å². The smallest absolute Gasteiger partial charge is 0.274 e. The second-order valence-corrected chi connectivity index (χ2v) is 6.52. The van der Waals surface area contributed by atoms with E-state index in [0.29, 0.717) is 22.4 Å². The summed E-state index contributed by atoms with van der Waals surface area (Å²) in [5.74, 6) is 0.637. The summed E-state index contributed by atoms with van der Waals surface area (Å²) in [7, 11) is 0. The molecule has 0 saturated carbocycles. The molecule has 1 atom stereocenters. The second kappa shape index (κ2) is 8.67. The van der Waals surface area contributed by atoms with Crippen LogP contribution in [0.2, 0.25) is 10.0 Å². The minimum atomic E-state index is -0.403. The lowest BCUT2D eigenvalue weighted by atomic mass is 10.2. The summed E-state index contributed by atoms with van der Waals surface area (Å²) in [5, 5.41) is 15.6. The third kappa shape index (κ3) is 4.95. The lowest BCUT2D eigenvalue weighted by Crippen LogP contribution is -2.32. The molecule has 3 rings (SSSR count). The number of pyridine rings is 1. The Morgan fingerprint density at radius 1 is 1.32 bits per heavy atom. The first kappa shape index (κ1) is 19.7. The van der Waals surface area contributed by atoms with Gasteiger partial charge in [-0.3, -0.25) is 10.1 Å². The van der Waals surface area contributed by atoms with Crippen LogP contribution in [-0.4, -0.2) is 29.0 Å². The van der Waals surface area contributed by atoms with Crippen molar-refractivity contribution in [3.8, 4) is 0 Å². The van der Waals surface area contributed by atoms with Gasteiger partial charge in [0.1, 0.15) is 5.82 Å². The van der Waals surface area contributed by atoms with Crippen molar-refractivity contribution in [1.82, 2.24) is 10.3 Å². The maximum Gasteiger partial charge on any atom is 0.274 e. The number of rotatable bonds is 5. The summed E-state index contributed by atoms with van der Waals surface area (Å²) >= 11 is 12.1. The fraction of sp³-hybridized carbons (Fsp3) is 0.312. The standard InChI is InChI=1S/C16H16Cl2N4O2.ClH/c17-12-2-1-11(15(18)7-12)9-20-13-4-6-21(10-13)16-8-14(22(23)24)3-5-19-16;/h1-3,5,7-8,13,20H,4,6,9-10H2;1H. The summed E-state index contributed by atoms with van der Waals surface area (Å²) < 4.78 is 0. The molecule has 1 aromatic carbocycles. The van der Waals surface area contributed by atoms with E-state index >= 15 is 0 Å². The number of aromatic nitrogens is 1. The summed E-state index contributed by atoms with van der Waals surface area (Å²) in [5.41, 5.74) is 1.05. The molecule has 2 aromatic rings. The quantitative estimate of drug-likeness (QED) is 0.601. The van der Waals surface area contributed by atoms with Crippen molar-refractivity contribution in [2.75, 3.05) is 18.0 Å². The Balaban J connectivity index is 0.00000225. The van der Waals surface area contributed by atoms with Crippen LogP contribution in [-0.2, 0) is 6.54 Å². The molecule has 1 aliphatic heterocycles. The molecule has 1 saturated heterocycles. The summed E-state index contributed by atoms with van der Waals surface area (Å²) in [6.07, 6.45) is 2.41. The molecule has 2 heterocycles. The molecule has 1 N–H and O–H groups in total. The van der Waals surface area contributed by atoms with Crippen LogP contribution < -0.4 is 10.2 Å². The van der Waals surface area contributed by atoms with Crippen LogP contribution in [0.5, 0.6) is 0 Å². The molecule has 0 radical (unpaired) electrons. The van der Waals surface area contributed by atoms with Crippen LogP contribution in [0.15, 0.2) is 36.5 Å². The monoisotopic (exact) mass is 402 g/mol. The van der Waals surface area contributed by atoms with Crippen molar-refractivity contribution in [2.45, 2.75) is 19.0 Å². The van der Waals surface area contributed by atoms with E-state index in [1.807, 2.05) is 17.0 Å². The number of hydrogen-bond acceptors (Lipinski definition) is 5. The molecule has 0 spiro atoms. The summed E-state index contributed by atoms with van der Waals surface area (Å²) in [6, 6.07) is 8.65. The largest absolute Gasteiger partial charge is 0.355 e. The highest BCUT2D eigenvalue weighted by molar-refractivity contribution is 6.35. The molecule has 1 unspecified atom stereocenters. The van der Waals surface area contributed by atoms with Gasteiger partial charge in [0.15, 0.2) is 0 Å². The Morgan fingerprint density at radius 3 is 2.84 bits per heavy atom. The zero-order chi connectivity index (χ0) is 17.1. The van der Waals surface area contributed by atoms with Gasteiger partial charge in [-0.25, -0.2) is 4.98 Å². The van der Waals surface area contributed by atoms with Crippen LogP contribution >= 0.6 is 35.6 Å². The van der Waals surface area contributed by atoms with Crippen LogP contribution in [0.3, 0.4) is 0 Å². The van der Waals surface area contributed by atoms with Crippen molar-refractivity contribution in [3.05, 3.63) is 62.3 Å². The minimum absolute atomic E-state index is 0. The van der Waals surface area contributed by atoms with Gasteiger partial charge in [-0.15, -0.1) is 12.4 Å². The first-order valence-electron chi connectivity index (χ1n) is 7.55. The number of anilines is 1. The number of hydrogen-bond donors (Lipinski definition) is 1. The topological polar surface area (TPSA) is 71.3 Å². The van der Waals surface area contributed by atoms with Crippen LogP contribution in [0, 0.1) is 10.1 Å². The molecular formula is C16H17Cl3N4O2. The highest BCUT2D eigenvalue weighted by atomic mass is 35.5. The second-order valence-electron chi connectivity index (χ2n) is 5.68. The predicted octanol–water partition coefficient (Wildman–Crippen LogP) is 4.09. The number of halogens is 3. The van der Waals surface area contributed by atoms with E-state index in [-0.39, 0.29) is 24.1 Å². The van der Waals surface area contributed by atoms with E-state index in [2.05, 4.69) is 10.3 Å². The van der Waals surface area contributed by atoms with Gasteiger partial charge in [0.05, 0.1) is 11.0 Å². The first-order valence-corrected chi connectivity index (χ1v) is 8.31. The van der Waals surface area contributed by atoms with Gasteiger partial charge in [-0.1, -0.05) is 29.3 Å². The molecular weight excluding hydrogens is 387 g/mol. The van der Waals surface area contributed by atoms with Crippen LogP contribution in [0.1, 0.15) is 12.0 Å². The Labute approximate surface area is 161 Å². The fourth-order valence-corrected chi connectivity index (χ4v) is 3.22. The molecule has 0 aliphatic carbocycles. The molecule has 1 fully saturated rings. The van der Waals surface area contributed by atoms with Gasteiger partial charge in [-0.2, -0.15) is 0 Å². The van der Waals surface area contributed by atoms with Gasteiger partial charge in [0.25, 0.3) is 5.69 Å². The average molecular weight is 404 g/mol. The SMILES string of the molecule is Cl.O=[N+]([O-])c1ccnc(N2CCC(NCc3ccc(Cl)cc3Cl)C2)c1. The molecule has 25 heavy (non-hydrogen) atoms. The van der Waals surface area contributed by atoms with E-state index in [4.69, 9.17) is 23.2 Å². The highest BCUT2D eigenvalue weighted by Crippen LogP contribution is 2.24. The number of nitrogens with one attached hydrogen (secondary N) is 1. The Hall–Kier alpha value is -1.60. The number of nitrogens with zero attached hydrogens (tertiary/aromatic N) is 3. The fourth-order valence-electron chi connectivity index (χ4n) is 2.75. The van der Waals surface area contributed by atoms with Gasteiger partial charge >= 0.3 is 0 Å². The van der Waals surface area contributed by atoms with E-state index in [1.54, 1.807) is 6.07 Å². The Bertz CT molecular complexity index is 760. The zero-order valence-electron chi connectivity index (χ0n) is 13.2. The normalized spacial score (nSPS) is 16.6. The van der Waals surface area contributed by atoms with Crippen molar-refractivity contribution < 1.29 is 4.92 Å². The first-order chi connectivity index (χ1) is 11.5. The average Bonchev–Trinajstić information content (AvgIpc) is 3.03. The van der Waals surface area contributed by atoms with Gasteiger partial charge in [0.2, 0.25) is 0 Å². The van der Waals surface area contributed by atoms with E-state index in [9.17, 15) is 10.1 Å². The molecule has 6 nitrogen and oxygen atoms in total. The lowest BCUT2D eigenvalue weighted by molar-refractivity contribution is -0.384. The molecule has 0 bridgehead atoms.